The molecular weight excluding hydrogens is 376 g/mol. The summed E-state index contributed by atoms with van der Waals surface area (Å²) in [4.78, 5) is 25.3. The maximum Gasteiger partial charge on any atom is 0.255 e. The summed E-state index contributed by atoms with van der Waals surface area (Å²) in [5.74, 6) is -0.340. The van der Waals surface area contributed by atoms with Gasteiger partial charge < -0.3 is 15.1 Å². The van der Waals surface area contributed by atoms with Crippen LogP contribution in [0, 0.1) is 0 Å². The summed E-state index contributed by atoms with van der Waals surface area (Å²) in [6.45, 7) is 1.70. The average molecular weight is 402 g/mol. The molecule has 5 heteroatoms. The Hall–Kier alpha value is -3.34. The minimum Gasteiger partial charge on any atom is -0.472 e. The van der Waals surface area contributed by atoms with Gasteiger partial charge in [0.15, 0.2) is 0 Å². The van der Waals surface area contributed by atoms with E-state index in [0.29, 0.717) is 5.56 Å². The molecule has 4 rings (SSSR count). The van der Waals surface area contributed by atoms with Crippen LogP contribution in [0.4, 0.5) is 0 Å². The van der Waals surface area contributed by atoms with Crippen LogP contribution in [0.3, 0.4) is 0 Å². The van der Waals surface area contributed by atoms with Gasteiger partial charge in [-0.3, -0.25) is 9.59 Å². The first-order valence-corrected chi connectivity index (χ1v) is 10.4. The van der Waals surface area contributed by atoms with E-state index in [-0.39, 0.29) is 23.8 Å². The number of benzene rings is 2. The number of hydrogen-bond donors (Lipinski definition) is 2. The second kappa shape index (κ2) is 8.99. The average Bonchev–Trinajstić information content (AvgIpc) is 3.33. The van der Waals surface area contributed by atoms with Gasteiger partial charge in [-0.25, -0.2) is 0 Å². The number of rotatable bonds is 6. The van der Waals surface area contributed by atoms with Crippen molar-refractivity contribution < 1.29 is 14.0 Å². The molecule has 2 aromatic carbocycles. The predicted molar refractivity (Wildman–Crippen MR) is 115 cm³/mol. The molecule has 1 aliphatic carbocycles. The van der Waals surface area contributed by atoms with Gasteiger partial charge in [0, 0.05) is 5.92 Å². The van der Waals surface area contributed by atoms with Gasteiger partial charge in [0.05, 0.1) is 17.9 Å². The number of carbonyl (C=O) groups excluding carboxylic acids is 2. The molecule has 0 radical (unpaired) electrons. The maximum atomic E-state index is 13.0. The topological polar surface area (TPSA) is 71.3 Å². The molecular formula is C25H26N2O3. The fourth-order valence-corrected chi connectivity index (χ4v) is 4.23. The lowest BCUT2D eigenvalue weighted by atomic mass is 9.76. The van der Waals surface area contributed by atoms with E-state index in [2.05, 4.69) is 47.0 Å². The highest BCUT2D eigenvalue weighted by Crippen LogP contribution is 2.40. The zero-order valence-corrected chi connectivity index (χ0v) is 17.0. The Morgan fingerprint density at radius 3 is 2.53 bits per heavy atom. The first-order chi connectivity index (χ1) is 14.6. The van der Waals surface area contributed by atoms with E-state index < -0.39 is 6.04 Å². The van der Waals surface area contributed by atoms with Crippen molar-refractivity contribution in [1.29, 1.82) is 0 Å². The van der Waals surface area contributed by atoms with Crippen molar-refractivity contribution >= 4 is 11.8 Å². The Morgan fingerprint density at radius 1 is 1.00 bits per heavy atom. The lowest BCUT2D eigenvalue weighted by Crippen LogP contribution is -2.47. The van der Waals surface area contributed by atoms with Crippen LogP contribution in [-0.2, 0) is 11.2 Å². The standard InChI is InChI=1S/C25H26N2O3/c1-17(26-25(29)20-14-15-30-16-20)24(28)27-23(19-9-3-2-4-10-19)22-13-7-11-18-8-5-6-12-21(18)22/h2-6,8-10,12,14-17,22-23H,7,11,13H2,1H3,(H,26,29)(H,27,28). The summed E-state index contributed by atoms with van der Waals surface area (Å²) in [5, 5.41) is 5.97. The third-order valence-electron chi connectivity index (χ3n) is 5.80. The molecule has 30 heavy (non-hydrogen) atoms. The smallest absolute Gasteiger partial charge is 0.255 e. The van der Waals surface area contributed by atoms with Gasteiger partial charge >= 0.3 is 0 Å². The molecule has 0 aliphatic heterocycles. The molecule has 1 aliphatic rings. The minimum absolute atomic E-state index is 0.159. The van der Waals surface area contributed by atoms with Crippen molar-refractivity contribution in [3.8, 4) is 0 Å². The van der Waals surface area contributed by atoms with Gasteiger partial charge in [-0.05, 0) is 48.9 Å². The molecule has 154 valence electrons. The summed E-state index contributed by atoms with van der Waals surface area (Å²) >= 11 is 0. The molecule has 0 spiro atoms. The van der Waals surface area contributed by atoms with Crippen LogP contribution >= 0.6 is 0 Å². The van der Waals surface area contributed by atoms with Gasteiger partial charge in [0.25, 0.3) is 5.91 Å². The maximum absolute atomic E-state index is 13.0. The highest BCUT2D eigenvalue weighted by molar-refractivity contribution is 5.97. The second-order valence-electron chi connectivity index (χ2n) is 7.80. The summed E-state index contributed by atoms with van der Waals surface area (Å²) in [6, 6.07) is 19.3. The van der Waals surface area contributed by atoms with Crippen molar-refractivity contribution in [2.45, 2.75) is 44.2 Å². The van der Waals surface area contributed by atoms with Crippen LogP contribution in [-0.4, -0.2) is 17.9 Å². The van der Waals surface area contributed by atoms with E-state index in [1.165, 1.54) is 23.7 Å². The van der Waals surface area contributed by atoms with E-state index in [4.69, 9.17) is 4.42 Å². The molecule has 1 aromatic heterocycles. The Labute approximate surface area is 176 Å². The van der Waals surface area contributed by atoms with Gasteiger partial charge in [-0.15, -0.1) is 0 Å². The van der Waals surface area contributed by atoms with Gasteiger partial charge in [0.1, 0.15) is 12.3 Å². The molecule has 0 saturated carbocycles. The van der Waals surface area contributed by atoms with Crippen molar-refractivity contribution in [2.75, 3.05) is 0 Å². The highest BCUT2D eigenvalue weighted by Gasteiger charge is 2.31. The molecule has 1 heterocycles. The van der Waals surface area contributed by atoms with Crippen molar-refractivity contribution in [2.24, 2.45) is 0 Å². The second-order valence-corrected chi connectivity index (χ2v) is 7.80. The normalized spacial score (nSPS) is 17.4. The quantitative estimate of drug-likeness (QED) is 0.643. The largest absolute Gasteiger partial charge is 0.472 e. The van der Waals surface area contributed by atoms with Gasteiger partial charge in [0.2, 0.25) is 5.91 Å². The number of furan rings is 1. The SMILES string of the molecule is CC(NC(=O)c1ccoc1)C(=O)NC(c1ccccc1)C1CCCc2ccccc21. The van der Waals surface area contributed by atoms with E-state index >= 15 is 0 Å². The number of nitrogens with one attached hydrogen (secondary N) is 2. The first kappa shape index (κ1) is 20.0. The molecule has 0 bridgehead atoms. The molecule has 3 atom stereocenters. The van der Waals surface area contributed by atoms with Gasteiger partial charge in [-0.1, -0.05) is 54.6 Å². The fraction of sp³-hybridized carbons (Fsp3) is 0.280. The summed E-state index contributed by atoms with van der Waals surface area (Å²) in [6.07, 6.45) is 5.97. The van der Waals surface area contributed by atoms with E-state index in [9.17, 15) is 9.59 Å². The van der Waals surface area contributed by atoms with Crippen LogP contribution in [0.25, 0.3) is 0 Å². The molecule has 0 saturated heterocycles. The molecule has 3 aromatic rings. The fourth-order valence-electron chi connectivity index (χ4n) is 4.23. The molecule has 5 nitrogen and oxygen atoms in total. The van der Waals surface area contributed by atoms with Crippen LogP contribution in [0.15, 0.2) is 77.6 Å². The number of carbonyl (C=O) groups is 2. The number of hydrogen-bond acceptors (Lipinski definition) is 3. The monoisotopic (exact) mass is 402 g/mol. The Kier molecular flexibility index (Phi) is 5.98. The zero-order valence-electron chi connectivity index (χ0n) is 17.0. The lowest BCUT2D eigenvalue weighted by molar-refractivity contribution is -0.123. The Morgan fingerprint density at radius 2 is 1.77 bits per heavy atom. The van der Waals surface area contributed by atoms with E-state index in [0.717, 1.165) is 24.8 Å². The van der Waals surface area contributed by atoms with Crippen LogP contribution in [0.5, 0.6) is 0 Å². The minimum atomic E-state index is -0.669. The highest BCUT2D eigenvalue weighted by atomic mass is 16.3. The summed E-state index contributed by atoms with van der Waals surface area (Å²) < 4.78 is 4.95. The third-order valence-corrected chi connectivity index (χ3v) is 5.80. The van der Waals surface area contributed by atoms with Crippen molar-refractivity contribution in [1.82, 2.24) is 10.6 Å². The van der Waals surface area contributed by atoms with Crippen LogP contribution in [0.1, 0.15) is 58.8 Å². The number of aryl methyl sites for hydroxylation is 1. The van der Waals surface area contributed by atoms with Gasteiger partial charge in [-0.2, -0.15) is 0 Å². The first-order valence-electron chi connectivity index (χ1n) is 10.4. The Bertz CT molecular complexity index is 998. The zero-order chi connectivity index (χ0) is 20.9. The van der Waals surface area contributed by atoms with E-state index in [1.54, 1.807) is 13.0 Å². The number of amides is 2. The number of fused-ring (bicyclic) bond motifs is 1. The van der Waals surface area contributed by atoms with Crippen LogP contribution in [0.2, 0.25) is 0 Å². The summed E-state index contributed by atoms with van der Waals surface area (Å²) in [5.41, 5.74) is 4.12. The van der Waals surface area contributed by atoms with E-state index in [1.807, 2.05) is 18.2 Å². The van der Waals surface area contributed by atoms with Crippen molar-refractivity contribution in [3.05, 3.63) is 95.4 Å². The van der Waals surface area contributed by atoms with Crippen LogP contribution < -0.4 is 10.6 Å². The molecule has 2 N–H and O–H groups in total. The lowest BCUT2D eigenvalue weighted by Gasteiger charge is -2.34. The molecule has 3 unspecified atom stereocenters. The summed E-state index contributed by atoms with van der Waals surface area (Å²) in [7, 11) is 0. The third kappa shape index (κ3) is 4.30. The molecule has 2 amide bonds. The van der Waals surface area contributed by atoms with Crippen molar-refractivity contribution in [3.63, 3.8) is 0 Å². The Balaban J connectivity index is 1.55. The predicted octanol–water partition coefficient (Wildman–Crippen LogP) is 4.38. The molecule has 0 fully saturated rings.